The van der Waals surface area contributed by atoms with E-state index in [9.17, 15) is 18.8 Å². The number of ether oxygens (including phenoxy) is 2. The molecule has 150 valence electrons. The van der Waals surface area contributed by atoms with E-state index in [0.29, 0.717) is 17.2 Å². The van der Waals surface area contributed by atoms with Gasteiger partial charge in [0.15, 0.2) is 11.5 Å². The quantitative estimate of drug-likeness (QED) is 0.660. The van der Waals surface area contributed by atoms with Gasteiger partial charge in [0, 0.05) is 23.5 Å². The molecule has 0 aliphatic heterocycles. The molecular weight excluding hydrogens is 381 g/mol. The van der Waals surface area contributed by atoms with Crippen LogP contribution in [0.25, 0.3) is 0 Å². The smallest absolute Gasteiger partial charge is 0.328 e. The molecule has 2 N–H and O–H groups in total. The number of carbonyl (C=O) groups excluding carboxylic acids is 1. The molecule has 0 aliphatic rings. The van der Waals surface area contributed by atoms with Crippen molar-refractivity contribution in [2.75, 3.05) is 19.5 Å². The number of amides is 1. The summed E-state index contributed by atoms with van der Waals surface area (Å²) in [6.45, 7) is -0.307. The van der Waals surface area contributed by atoms with E-state index in [1.54, 1.807) is 18.2 Å². The zero-order valence-electron chi connectivity index (χ0n) is 15.7. The lowest BCUT2D eigenvalue weighted by Crippen LogP contribution is -2.39. The van der Waals surface area contributed by atoms with Gasteiger partial charge in [-0.05, 0) is 18.2 Å². The van der Waals surface area contributed by atoms with Crippen LogP contribution in [0, 0.1) is 5.82 Å². The van der Waals surface area contributed by atoms with Crippen molar-refractivity contribution >= 4 is 11.6 Å². The Labute approximate surface area is 164 Å². The van der Waals surface area contributed by atoms with E-state index in [2.05, 4.69) is 10.3 Å². The van der Waals surface area contributed by atoms with Gasteiger partial charge in [0.05, 0.1) is 20.8 Å². The Morgan fingerprint density at radius 3 is 2.52 bits per heavy atom. The number of hydrogen-bond donors (Lipinski definition) is 2. The Kier molecular flexibility index (Phi) is 5.77. The second-order valence-corrected chi connectivity index (χ2v) is 6.01. The molecule has 1 amide bonds. The largest absolute Gasteiger partial charge is 0.493 e. The third-order valence-electron chi connectivity index (χ3n) is 4.23. The van der Waals surface area contributed by atoms with Crippen LogP contribution in [0.2, 0.25) is 0 Å². The molecule has 2 aromatic carbocycles. The van der Waals surface area contributed by atoms with Crippen LogP contribution in [0.15, 0.2) is 58.3 Å². The number of carbonyl (C=O) groups is 1. The maximum atomic E-state index is 13.9. The van der Waals surface area contributed by atoms with Crippen molar-refractivity contribution in [2.24, 2.45) is 0 Å². The van der Waals surface area contributed by atoms with E-state index >= 15 is 0 Å². The van der Waals surface area contributed by atoms with E-state index in [0.717, 1.165) is 10.8 Å². The van der Waals surface area contributed by atoms with Gasteiger partial charge in [-0.25, -0.2) is 9.18 Å². The van der Waals surface area contributed by atoms with E-state index in [1.165, 1.54) is 38.5 Å². The van der Waals surface area contributed by atoms with Crippen LogP contribution in [0.1, 0.15) is 15.9 Å². The van der Waals surface area contributed by atoms with Gasteiger partial charge in [0.25, 0.3) is 11.5 Å². The predicted octanol–water partition coefficient (Wildman–Crippen LogP) is 1.99. The first-order valence-electron chi connectivity index (χ1n) is 8.54. The first kappa shape index (κ1) is 19.9. The monoisotopic (exact) mass is 399 g/mol. The first-order valence-corrected chi connectivity index (χ1v) is 8.54. The Hall–Kier alpha value is -3.88. The Morgan fingerprint density at radius 2 is 1.83 bits per heavy atom. The van der Waals surface area contributed by atoms with Gasteiger partial charge < -0.3 is 19.8 Å². The zero-order chi connectivity index (χ0) is 21.0. The predicted molar refractivity (Wildman–Crippen MR) is 104 cm³/mol. The van der Waals surface area contributed by atoms with Crippen LogP contribution in [0.5, 0.6) is 11.5 Å². The van der Waals surface area contributed by atoms with Crippen molar-refractivity contribution in [3.05, 3.63) is 86.4 Å². The highest BCUT2D eigenvalue weighted by atomic mass is 19.1. The molecule has 0 saturated heterocycles. The Morgan fingerprint density at radius 1 is 1.10 bits per heavy atom. The van der Waals surface area contributed by atoms with Crippen LogP contribution >= 0.6 is 0 Å². The van der Waals surface area contributed by atoms with Gasteiger partial charge in [-0.1, -0.05) is 18.2 Å². The molecule has 1 heterocycles. The normalized spacial score (nSPS) is 10.4. The number of aromatic amines is 1. The number of aromatic nitrogens is 2. The summed E-state index contributed by atoms with van der Waals surface area (Å²) in [4.78, 5) is 39.7. The number of H-pyrrole nitrogens is 1. The zero-order valence-corrected chi connectivity index (χ0v) is 15.7. The summed E-state index contributed by atoms with van der Waals surface area (Å²) in [5, 5.41) is 2.56. The Balaban J connectivity index is 1.91. The molecule has 0 spiro atoms. The molecule has 0 saturated carbocycles. The number of methoxy groups -OCH3 is 2. The van der Waals surface area contributed by atoms with Crippen LogP contribution < -0.4 is 26.0 Å². The van der Waals surface area contributed by atoms with Gasteiger partial charge in [-0.15, -0.1) is 0 Å². The number of hydrogen-bond acceptors (Lipinski definition) is 5. The molecule has 0 fully saturated rings. The van der Waals surface area contributed by atoms with Crippen molar-refractivity contribution in [1.29, 1.82) is 0 Å². The van der Waals surface area contributed by atoms with Crippen LogP contribution in [0.3, 0.4) is 0 Å². The number of nitrogens with zero attached hydrogens (tertiary/aromatic N) is 1. The standard InChI is InChI=1S/C20H18FN3O5/c1-28-16-8-7-13(9-17(16)29-2)23-18(25)14-10-22-20(27)24(19(14)26)11-12-5-3-4-6-15(12)21/h3-10H,11H2,1-2H3,(H,22,27)(H,23,25). The summed E-state index contributed by atoms with van der Waals surface area (Å²) in [6.07, 6.45) is 1.03. The summed E-state index contributed by atoms with van der Waals surface area (Å²) in [6, 6.07) is 10.5. The molecule has 8 nitrogen and oxygen atoms in total. The maximum Gasteiger partial charge on any atom is 0.328 e. The molecule has 0 aliphatic carbocycles. The fraction of sp³-hybridized carbons (Fsp3) is 0.150. The van der Waals surface area contributed by atoms with Gasteiger partial charge in [0.1, 0.15) is 11.4 Å². The molecule has 0 atom stereocenters. The van der Waals surface area contributed by atoms with Crippen molar-refractivity contribution in [1.82, 2.24) is 9.55 Å². The highest BCUT2D eigenvalue weighted by Gasteiger charge is 2.17. The van der Waals surface area contributed by atoms with Crippen molar-refractivity contribution < 1.29 is 18.7 Å². The summed E-state index contributed by atoms with van der Waals surface area (Å²) in [5.74, 6) is -0.426. The molecule has 0 bridgehead atoms. The average Bonchev–Trinajstić information content (AvgIpc) is 2.72. The highest BCUT2D eigenvalue weighted by Crippen LogP contribution is 2.29. The van der Waals surface area contributed by atoms with Crippen molar-refractivity contribution in [3.63, 3.8) is 0 Å². The topological polar surface area (TPSA) is 102 Å². The Bertz CT molecular complexity index is 1170. The van der Waals surface area contributed by atoms with Crippen molar-refractivity contribution in [2.45, 2.75) is 6.54 Å². The minimum atomic E-state index is -0.838. The summed E-state index contributed by atoms with van der Waals surface area (Å²) in [5.41, 5.74) is -1.37. The summed E-state index contributed by atoms with van der Waals surface area (Å²) in [7, 11) is 2.93. The fourth-order valence-corrected chi connectivity index (χ4v) is 2.73. The molecule has 0 unspecified atom stereocenters. The number of anilines is 1. The second-order valence-electron chi connectivity index (χ2n) is 6.01. The lowest BCUT2D eigenvalue weighted by atomic mass is 10.2. The third-order valence-corrected chi connectivity index (χ3v) is 4.23. The first-order chi connectivity index (χ1) is 13.9. The lowest BCUT2D eigenvalue weighted by Gasteiger charge is -2.11. The highest BCUT2D eigenvalue weighted by molar-refractivity contribution is 6.03. The van der Waals surface area contributed by atoms with E-state index < -0.39 is 23.0 Å². The third kappa shape index (κ3) is 4.18. The second kappa shape index (κ2) is 8.42. The molecular formula is C20H18FN3O5. The molecule has 9 heteroatoms. The molecule has 29 heavy (non-hydrogen) atoms. The van der Waals surface area contributed by atoms with E-state index in [-0.39, 0.29) is 17.7 Å². The SMILES string of the molecule is COc1ccc(NC(=O)c2c[nH]c(=O)n(Cc3ccccc3F)c2=O)cc1OC. The number of benzene rings is 2. The number of nitrogens with one attached hydrogen (secondary N) is 2. The summed E-state index contributed by atoms with van der Waals surface area (Å²) >= 11 is 0. The minimum Gasteiger partial charge on any atom is -0.493 e. The minimum absolute atomic E-state index is 0.151. The summed E-state index contributed by atoms with van der Waals surface area (Å²) < 4.78 is 25.0. The lowest BCUT2D eigenvalue weighted by molar-refractivity contribution is 0.102. The van der Waals surface area contributed by atoms with Crippen LogP contribution in [-0.2, 0) is 6.54 Å². The van der Waals surface area contributed by atoms with Crippen molar-refractivity contribution in [3.8, 4) is 11.5 Å². The molecule has 0 radical (unpaired) electrons. The number of halogens is 1. The maximum absolute atomic E-state index is 13.9. The average molecular weight is 399 g/mol. The van der Waals surface area contributed by atoms with Crippen LogP contribution in [0.4, 0.5) is 10.1 Å². The molecule has 3 aromatic rings. The van der Waals surface area contributed by atoms with Gasteiger partial charge >= 0.3 is 5.69 Å². The van der Waals surface area contributed by atoms with Crippen LogP contribution in [-0.4, -0.2) is 29.7 Å². The van der Waals surface area contributed by atoms with E-state index in [4.69, 9.17) is 9.47 Å². The molecule has 3 rings (SSSR count). The van der Waals surface area contributed by atoms with Gasteiger partial charge in [-0.2, -0.15) is 0 Å². The number of rotatable bonds is 6. The van der Waals surface area contributed by atoms with E-state index in [1.807, 2.05) is 0 Å². The fourth-order valence-electron chi connectivity index (χ4n) is 2.73. The molecule has 1 aromatic heterocycles. The van der Waals surface area contributed by atoms with Gasteiger partial charge in [-0.3, -0.25) is 14.2 Å². The van der Waals surface area contributed by atoms with Gasteiger partial charge in [0.2, 0.25) is 0 Å².